The highest BCUT2D eigenvalue weighted by Crippen LogP contribution is 2.29. The third kappa shape index (κ3) is 3.98. The van der Waals surface area contributed by atoms with Crippen molar-refractivity contribution in [2.24, 2.45) is 7.05 Å². The zero-order valence-electron chi connectivity index (χ0n) is 16.0. The van der Waals surface area contributed by atoms with E-state index in [-0.39, 0.29) is 5.88 Å². The average molecular weight is 394 g/mol. The van der Waals surface area contributed by atoms with Gasteiger partial charge in [-0.3, -0.25) is 4.68 Å². The summed E-state index contributed by atoms with van der Waals surface area (Å²) in [6.45, 7) is 1.37. The Balaban J connectivity index is 1.83. The fourth-order valence-corrected chi connectivity index (χ4v) is 3.14. The summed E-state index contributed by atoms with van der Waals surface area (Å²) in [5, 5.41) is 43.7. The normalized spacial score (nSPS) is 27.6. The molecule has 1 saturated heterocycles. The van der Waals surface area contributed by atoms with Crippen LogP contribution in [-0.2, 0) is 18.2 Å². The molecule has 9 nitrogen and oxygen atoms in total. The predicted octanol–water partition coefficient (Wildman–Crippen LogP) is -0.493. The van der Waals surface area contributed by atoms with Crippen LogP contribution in [0.5, 0.6) is 11.6 Å². The van der Waals surface area contributed by atoms with Crippen LogP contribution in [0.3, 0.4) is 0 Å². The molecule has 1 fully saturated rings. The van der Waals surface area contributed by atoms with Gasteiger partial charge in [0.2, 0.25) is 12.2 Å². The molecule has 0 aliphatic carbocycles. The summed E-state index contributed by atoms with van der Waals surface area (Å²) >= 11 is 0. The monoisotopic (exact) mass is 394 g/mol. The van der Waals surface area contributed by atoms with Crippen molar-refractivity contribution in [3.05, 3.63) is 41.1 Å². The lowest BCUT2D eigenvalue weighted by atomic mass is 9.99. The maximum atomic E-state index is 10.2. The summed E-state index contributed by atoms with van der Waals surface area (Å²) in [5.41, 5.74) is 2.68. The van der Waals surface area contributed by atoms with Gasteiger partial charge in [0.25, 0.3) is 0 Å². The molecule has 0 saturated carbocycles. The van der Waals surface area contributed by atoms with E-state index in [4.69, 9.17) is 14.2 Å². The molecule has 0 unspecified atom stereocenters. The van der Waals surface area contributed by atoms with Crippen LogP contribution in [0.1, 0.15) is 16.8 Å². The fraction of sp³-hybridized carbons (Fsp3) is 0.526. The van der Waals surface area contributed by atoms with E-state index < -0.39 is 37.3 Å². The van der Waals surface area contributed by atoms with Gasteiger partial charge in [0.15, 0.2) is 0 Å². The Kier molecular flexibility index (Phi) is 6.21. The number of ether oxygens (including phenoxy) is 3. The minimum Gasteiger partial charge on any atom is -0.497 e. The highest BCUT2D eigenvalue weighted by molar-refractivity contribution is 5.38. The Labute approximate surface area is 162 Å². The van der Waals surface area contributed by atoms with Crippen molar-refractivity contribution in [2.45, 2.75) is 44.1 Å². The molecule has 1 aliphatic heterocycles. The van der Waals surface area contributed by atoms with Crippen LogP contribution in [-0.4, -0.2) is 74.6 Å². The topological polar surface area (TPSA) is 126 Å². The number of benzene rings is 1. The first-order valence-corrected chi connectivity index (χ1v) is 8.98. The molecule has 1 aromatic heterocycles. The summed E-state index contributed by atoms with van der Waals surface area (Å²) in [6, 6.07) is 7.59. The molecule has 1 aromatic carbocycles. The second-order valence-corrected chi connectivity index (χ2v) is 6.83. The van der Waals surface area contributed by atoms with Crippen LogP contribution in [0.4, 0.5) is 0 Å². The molecule has 154 valence electrons. The minimum atomic E-state index is -1.51. The molecule has 0 radical (unpaired) electrons. The lowest BCUT2D eigenvalue weighted by Gasteiger charge is -2.39. The number of aliphatic hydroxyl groups is 4. The molecule has 2 aromatic rings. The molecule has 9 heteroatoms. The molecular weight excluding hydrogens is 368 g/mol. The lowest BCUT2D eigenvalue weighted by Crippen LogP contribution is -2.60. The molecule has 0 amide bonds. The van der Waals surface area contributed by atoms with Gasteiger partial charge in [-0.25, -0.2) is 0 Å². The van der Waals surface area contributed by atoms with Crippen molar-refractivity contribution < 1.29 is 34.6 Å². The van der Waals surface area contributed by atoms with Gasteiger partial charge >= 0.3 is 0 Å². The van der Waals surface area contributed by atoms with E-state index in [0.717, 1.165) is 22.6 Å². The number of aliphatic hydroxyl groups excluding tert-OH is 4. The highest BCUT2D eigenvalue weighted by atomic mass is 16.7. The largest absolute Gasteiger partial charge is 0.497 e. The van der Waals surface area contributed by atoms with Gasteiger partial charge in [-0.1, -0.05) is 12.1 Å². The van der Waals surface area contributed by atoms with Gasteiger partial charge in [-0.2, -0.15) is 0 Å². The molecule has 0 bridgehead atoms. The van der Waals surface area contributed by atoms with E-state index in [1.807, 2.05) is 31.2 Å². The quantitative estimate of drug-likeness (QED) is 0.517. The van der Waals surface area contributed by atoms with Crippen LogP contribution < -0.4 is 9.47 Å². The number of hydrogen-bond acceptors (Lipinski definition) is 8. The second-order valence-electron chi connectivity index (χ2n) is 6.83. The predicted molar refractivity (Wildman–Crippen MR) is 98.1 cm³/mol. The highest BCUT2D eigenvalue weighted by Gasteiger charge is 2.45. The molecule has 5 atom stereocenters. The van der Waals surface area contributed by atoms with E-state index in [1.165, 1.54) is 0 Å². The van der Waals surface area contributed by atoms with Gasteiger partial charge < -0.3 is 34.6 Å². The Morgan fingerprint density at radius 2 is 1.79 bits per heavy atom. The van der Waals surface area contributed by atoms with Crippen molar-refractivity contribution in [2.75, 3.05) is 13.7 Å². The van der Waals surface area contributed by atoms with E-state index in [2.05, 4.69) is 5.10 Å². The standard InChI is InChI=1S/C19H26N2O7/c1-10-13(8-11-4-6-12(26-3)7-5-11)18(20-21(10)2)28-19-17(25)16(24)15(23)14(9-22)27-19/h4-7,14-17,19,22-25H,8-9H2,1-3H3/t14-,15-,16+,17-,19+/m1/s1. The van der Waals surface area contributed by atoms with Crippen molar-refractivity contribution in [1.82, 2.24) is 9.78 Å². The molecule has 2 heterocycles. The third-order valence-corrected chi connectivity index (χ3v) is 5.04. The summed E-state index contributed by atoms with van der Waals surface area (Å²) in [6.07, 6.45) is -6.24. The Morgan fingerprint density at radius 3 is 2.39 bits per heavy atom. The Morgan fingerprint density at radius 1 is 1.11 bits per heavy atom. The van der Waals surface area contributed by atoms with Crippen LogP contribution in [0, 0.1) is 6.92 Å². The van der Waals surface area contributed by atoms with Gasteiger partial charge in [-0.15, -0.1) is 5.10 Å². The molecule has 4 N–H and O–H groups in total. The van der Waals surface area contributed by atoms with E-state index >= 15 is 0 Å². The van der Waals surface area contributed by atoms with E-state index in [1.54, 1.807) is 18.8 Å². The van der Waals surface area contributed by atoms with Crippen LogP contribution >= 0.6 is 0 Å². The lowest BCUT2D eigenvalue weighted by molar-refractivity contribution is -0.278. The molecule has 28 heavy (non-hydrogen) atoms. The first-order chi connectivity index (χ1) is 13.3. The van der Waals surface area contributed by atoms with Crippen LogP contribution in [0.25, 0.3) is 0 Å². The van der Waals surface area contributed by atoms with Crippen molar-refractivity contribution in [3.8, 4) is 11.6 Å². The molecule has 1 aliphatic rings. The van der Waals surface area contributed by atoms with Gasteiger partial charge in [0, 0.05) is 24.7 Å². The van der Waals surface area contributed by atoms with Crippen LogP contribution in [0.2, 0.25) is 0 Å². The van der Waals surface area contributed by atoms with Crippen molar-refractivity contribution in [1.29, 1.82) is 0 Å². The third-order valence-electron chi connectivity index (χ3n) is 5.04. The van der Waals surface area contributed by atoms with Crippen LogP contribution in [0.15, 0.2) is 24.3 Å². The maximum Gasteiger partial charge on any atom is 0.239 e. The summed E-state index contributed by atoms with van der Waals surface area (Å²) < 4.78 is 18.0. The fourth-order valence-electron chi connectivity index (χ4n) is 3.14. The van der Waals surface area contributed by atoms with Crippen molar-refractivity contribution >= 4 is 0 Å². The van der Waals surface area contributed by atoms with E-state index in [9.17, 15) is 20.4 Å². The molecule has 3 rings (SSSR count). The number of methoxy groups -OCH3 is 1. The Bertz CT molecular complexity index is 790. The molecule has 0 spiro atoms. The average Bonchev–Trinajstić information content (AvgIpc) is 2.96. The summed E-state index contributed by atoms with van der Waals surface area (Å²) in [5.74, 6) is 1.00. The molecular formula is C19H26N2O7. The minimum absolute atomic E-state index is 0.250. The zero-order valence-corrected chi connectivity index (χ0v) is 16.0. The van der Waals surface area contributed by atoms with Gasteiger partial charge in [0.05, 0.1) is 13.7 Å². The first-order valence-electron chi connectivity index (χ1n) is 8.98. The van der Waals surface area contributed by atoms with Crippen molar-refractivity contribution in [3.63, 3.8) is 0 Å². The second kappa shape index (κ2) is 8.46. The van der Waals surface area contributed by atoms with Gasteiger partial charge in [0.1, 0.15) is 30.2 Å². The number of hydrogen-bond donors (Lipinski definition) is 4. The number of nitrogens with zero attached hydrogens (tertiary/aromatic N) is 2. The smallest absolute Gasteiger partial charge is 0.239 e. The summed E-state index contributed by atoms with van der Waals surface area (Å²) in [4.78, 5) is 0. The zero-order chi connectivity index (χ0) is 20.4. The number of aromatic nitrogens is 2. The number of aryl methyl sites for hydroxylation is 1. The Hall–Kier alpha value is -2.17. The van der Waals surface area contributed by atoms with E-state index in [0.29, 0.717) is 6.42 Å². The SMILES string of the molecule is COc1ccc(Cc2c(O[C@@H]3O[C@H](CO)[C@@H](O)[C@H](O)[C@H]3O)nn(C)c2C)cc1. The first kappa shape index (κ1) is 20.6. The van der Waals surface area contributed by atoms with Gasteiger partial charge in [-0.05, 0) is 24.6 Å². The maximum absolute atomic E-state index is 10.2. The summed E-state index contributed by atoms with van der Waals surface area (Å²) in [7, 11) is 3.37. The number of rotatable bonds is 6.